The highest BCUT2D eigenvalue weighted by atomic mass is 16.7. The van der Waals surface area contributed by atoms with Crippen molar-refractivity contribution in [3.8, 4) is 0 Å². The van der Waals surface area contributed by atoms with Crippen LogP contribution in [0.1, 0.15) is 13.8 Å². The molecule has 1 rings (SSSR count). The summed E-state index contributed by atoms with van der Waals surface area (Å²) in [5, 5.41) is 0. The summed E-state index contributed by atoms with van der Waals surface area (Å²) in [6, 6.07) is 0. The van der Waals surface area contributed by atoms with E-state index in [0.29, 0.717) is 6.61 Å². The summed E-state index contributed by atoms with van der Waals surface area (Å²) < 4.78 is 10.5. The average molecular weight is 170 g/mol. The van der Waals surface area contributed by atoms with E-state index in [-0.39, 0.29) is 11.7 Å². The van der Waals surface area contributed by atoms with Crippen molar-refractivity contribution >= 4 is 5.78 Å². The Labute approximate surface area is 72.4 Å². The number of methoxy groups -OCH3 is 1. The molecule has 0 radical (unpaired) electrons. The van der Waals surface area contributed by atoms with Gasteiger partial charge in [0.15, 0.2) is 5.79 Å². The van der Waals surface area contributed by atoms with E-state index in [1.54, 1.807) is 6.92 Å². The topological polar surface area (TPSA) is 35.5 Å². The van der Waals surface area contributed by atoms with Crippen molar-refractivity contribution in [3.63, 3.8) is 0 Å². The third kappa shape index (κ3) is 1.30. The quantitative estimate of drug-likeness (QED) is 0.583. The van der Waals surface area contributed by atoms with Gasteiger partial charge in [-0.15, -0.1) is 0 Å². The van der Waals surface area contributed by atoms with Crippen LogP contribution >= 0.6 is 0 Å². The number of carbonyl (C=O) groups excluding carboxylic acids is 1. The molecule has 1 aliphatic rings. The second-order valence-electron chi connectivity index (χ2n) is 3.21. The van der Waals surface area contributed by atoms with E-state index < -0.39 is 5.79 Å². The number of hydrogen-bond acceptors (Lipinski definition) is 3. The highest BCUT2D eigenvalue weighted by Crippen LogP contribution is 2.35. The first-order chi connectivity index (χ1) is 5.51. The van der Waals surface area contributed by atoms with Gasteiger partial charge in [-0.2, -0.15) is 0 Å². The third-order valence-corrected chi connectivity index (χ3v) is 2.29. The summed E-state index contributed by atoms with van der Waals surface area (Å²) in [5.41, 5.74) is 0.798. The van der Waals surface area contributed by atoms with Gasteiger partial charge >= 0.3 is 0 Å². The van der Waals surface area contributed by atoms with Crippen molar-refractivity contribution in [2.45, 2.75) is 19.6 Å². The van der Waals surface area contributed by atoms with E-state index in [1.165, 1.54) is 14.0 Å². The van der Waals surface area contributed by atoms with Gasteiger partial charge in [0.2, 0.25) is 0 Å². The molecular formula is C9H14O3. The summed E-state index contributed by atoms with van der Waals surface area (Å²) in [6.45, 7) is 7.48. The zero-order valence-electron chi connectivity index (χ0n) is 7.72. The number of carbonyl (C=O) groups is 1. The highest BCUT2D eigenvalue weighted by Gasteiger charge is 2.45. The Balaban J connectivity index is 2.91. The van der Waals surface area contributed by atoms with E-state index in [9.17, 15) is 4.79 Å². The minimum Gasteiger partial charge on any atom is -0.352 e. The van der Waals surface area contributed by atoms with E-state index in [2.05, 4.69) is 6.58 Å². The fraction of sp³-hybridized carbons (Fsp3) is 0.667. The molecule has 1 heterocycles. The fourth-order valence-corrected chi connectivity index (χ4v) is 1.61. The molecule has 0 aromatic rings. The number of ketones is 1. The van der Waals surface area contributed by atoms with Gasteiger partial charge in [0.05, 0.1) is 12.5 Å². The number of hydrogen-bond donors (Lipinski definition) is 0. The minimum absolute atomic E-state index is 0.0434. The average Bonchev–Trinajstić information content (AvgIpc) is 2.28. The van der Waals surface area contributed by atoms with Crippen LogP contribution in [0.15, 0.2) is 12.2 Å². The van der Waals surface area contributed by atoms with Crippen LogP contribution in [-0.2, 0) is 14.3 Å². The first kappa shape index (κ1) is 9.42. The van der Waals surface area contributed by atoms with Crippen LogP contribution in [0.2, 0.25) is 0 Å². The van der Waals surface area contributed by atoms with Crippen molar-refractivity contribution < 1.29 is 14.3 Å². The SMILES string of the molecule is C=C1CO[C@](C)(OC)[C@@H]1C(C)=O. The van der Waals surface area contributed by atoms with Gasteiger partial charge in [-0.3, -0.25) is 4.79 Å². The number of Topliss-reactive ketones (excluding diaryl/α,β-unsaturated/α-hetero) is 1. The maximum Gasteiger partial charge on any atom is 0.179 e. The van der Waals surface area contributed by atoms with Crippen molar-refractivity contribution in [1.82, 2.24) is 0 Å². The van der Waals surface area contributed by atoms with Gasteiger partial charge in [-0.05, 0) is 19.4 Å². The Morgan fingerprint density at radius 1 is 1.83 bits per heavy atom. The predicted molar refractivity (Wildman–Crippen MR) is 44.7 cm³/mol. The van der Waals surface area contributed by atoms with Crippen LogP contribution in [0, 0.1) is 5.92 Å². The second-order valence-corrected chi connectivity index (χ2v) is 3.21. The standard InChI is InChI=1S/C9H14O3/c1-6-5-12-9(3,11-4)8(6)7(2)10/h8H,1,5H2,2-4H3/t8-,9-/m0/s1. The van der Waals surface area contributed by atoms with Gasteiger partial charge in [0.1, 0.15) is 5.78 Å². The predicted octanol–water partition coefficient (Wildman–Crippen LogP) is 1.14. The summed E-state index contributed by atoms with van der Waals surface area (Å²) >= 11 is 0. The van der Waals surface area contributed by atoms with E-state index in [0.717, 1.165) is 5.57 Å². The molecule has 1 aliphatic heterocycles. The Kier molecular flexibility index (Phi) is 2.35. The molecule has 1 saturated heterocycles. The molecule has 0 amide bonds. The van der Waals surface area contributed by atoms with Crippen molar-refractivity contribution in [3.05, 3.63) is 12.2 Å². The lowest BCUT2D eigenvalue weighted by Crippen LogP contribution is -2.37. The summed E-state index contributed by atoms with van der Waals surface area (Å²) in [5.74, 6) is -1.08. The van der Waals surface area contributed by atoms with Crippen molar-refractivity contribution in [1.29, 1.82) is 0 Å². The zero-order chi connectivity index (χ0) is 9.35. The Morgan fingerprint density at radius 3 is 2.75 bits per heavy atom. The smallest absolute Gasteiger partial charge is 0.179 e. The molecule has 1 fully saturated rings. The molecule has 2 atom stereocenters. The first-order valence-corrected chi connectivity index (χ1v) is 3.88. The normalized spacial score (nSPS) is 35.6. The molecule has 0 bridgehead atoms. The maximum atomic E-state index is 11.2. The van der Waals surface area contributed by atoms with Gasteiger partial charge in [-0.25, -0.2) is 0 Å². The van der Waals surface area contributed by atoms with Crippen LogP contribution in [0.3, 0.4) is 0 Å². The summed E-state index contributed by atoms with van der Waals surface area (Å²) in [7, 11) is 1.54. The molecule has 3 heteroatoms. The molecule has 0 saturated carbocycles. The Morgan fingerprint density at radius 2 is 2.42 bits per heavy atom. The van der Waals surface area contributed by atoms with Crippen LogP contribution in [0.25, 0.3) is 0 Å². The zero-order valence-corrected chi connectivity index (χ0v) is 7.72. The summed E-state index contributed by atoms with van der Waals surface area (Å²) in [6.07, 6.45) is 0. The van der Waals surface area contributed by atoms with E-state index >= 15 is 0 Å². The molecular weight excluding hydrogens is 156 g/mol. The Hall–Kier alpha value is -0.670. The minimum atomic E-state index is -0.803. The summed E-state index contributed by atoms with van der Waals surface area (Å²) in [4.78, 5) is 11.2. The highest BCUT2D eigenvalue weighted by molar-refractivity contribution is 5.82. The van der Waals surface area contributed by atoms with Gasteiger partial charge in [-0.1, -0.05) is 6.58 Å². The molecule has 68 valence electrons. The molecule has 0 aromatic heterocycles. The van der Waals surface area contributed by atoms with Crippen LogP contribution < -0.4 is 0 Å². The van der Waals surface area contributed by atoms with Gasteiger partial charge < -0.3 is 9.47 Å². The lowest BCUT2D eigenvalue weighted by Gasteiger charge is -2.26. The molecule has 12 heavy (non-hydrogen) atoms. The molecule has 0 spiro atoms. The molecule has 0 N–H and O–H groups in total. The number of ether oxygens (including phenoxy) is 2. The largest absolute Gasteiger partial charge is 0.352 e. The van der Waals surface area contributed by atoms with Crippen LogP contribution in [0.4, 0.5) is 0 Å². The molecule has 0 aliphatic carbocycles. The fourth-order valence-electron chi connectivity index (χ4n) is 1.61. The molecule has 3 nitrogen and oxygen atoms in total. The van der Waals surface area contributed by atoms with E-state index in [1.807, 2.05) is 0 Å². The third-order valence-electron chi connectivity index (χ3n) is 2.29. The van der Waals surface area contributed by atoms with Crippen LogP contribution in [-0.4, -0.2) is 25.3 Å². The van der Waals surface area contributed by atoms with Gasteiger partial charge in [0.25, 0.3) is 0 Å². The lowest BCUT2D eigenvalue weighted by molar-refractivity contribution is -0.201. The maximum absolute atomic E-state index is 11.2. The van der Waals surface area contributed by atoms with Crippen molar-refractivity contribution in [2.75, 3.05) is 13.7 Å². The lowest BCUT2D eigenvalue weighted by atomic mass is 9.92. The van der Waals surface area contributed by atoms with Gasteiger partial charge in [0, 0.05) is 7.11 Å². The van der Waals surface area contributed by atoms with E-state index in [4.69, 9.17) is 9.47 Å². The second kappa shape index (κ2) is 2.99. The van der Waals surface area contributed by atoms with Crippen LogP contribution in [0.5, 0.6) is 0 Å². The van der Waals surface area contributed by atoms with Crippen molar-refractivity contribution in [2.24, 2.45) is 5.92 Å². The Bertz CT molecular complexity index is 222. The first-order valence-electron chi connectivity index (χ1n) is 3.88. The molecule has 0 aromatic carbocycles. The number of rotatable bonds is 2. The monoisotopic (exact) mass is 170 g/mol. The molecule has 0 unspecified atom stereocenters.